The number of aromatic nitrogens is 2. The van der Waals surface area contributed by atoms with Crippen molar-refractivity contribution < 1.29 is 9.90 Å². The van der Waals surface area contributed by atoms with E-state index in [1.807, 2.05) is 0 Å². The van der Waals surface area contributed by atoms with E-state index in [2.05, 4.69) is 10.4 Å². The lowest BCUT2D eigenvalue weighted by Crippen LogP contribution is -2.28. The summed E-state index contributed by atoms with van der Waals surface area (Å²) in [5.41, 5.74) is -0.733. The van der Waals surface area contributed by atoms with Crippen LogP contribution in [0.3, 0.4) is 0 Å². The largest absolute Gasteiger partial charge is 0.480 e. The van der Waals surface area contributed by atoms with Crippen molar-refractivity contribution >= 4 is 35.0 Å². The highest BCUT2D eigenvalue weighted by Crippen LogP contribution is 2.23. The highest BCUT2D eigenvalue weighted by Gasteiger charge is 2.14. The Bertz CT molecular complexity index is 458. The zero-order valence-corrected chi connectivity index (χ0v) is 9.13. The molecule has 0 spiro atoms. The first-order chi connectivity index (χ1) is 6.97. The Labute approximate surface area is 94.4 Å². The summed E-state index contributed by atoms with van der Waals surface area (Å²) in [6.07, 6.45) is 0. The molecule has 0 aliphatic heterocycles. The highest BCUT2D eigenvalue weighted by molar-refractivity contribution is 6.43. The average molecular weight is 252 g/mol. The molecule has 15 heavy (non-hydrogen) atoms. The number of rotatable bonds is 3. The molecule has 0 amide bonds. The Morgan fingerprint density at radius 3 is 2.60 bits per heavy atom. The third kappa shape index (κ3) is 2.40. The predicted octanol–water partition coefficient (Wildman–Crippen LogP) is 0.676. The Hall–Kier alpha value is -1.27. The van der Waals surface area contributed by atoms with Gasteiger partial charge in [-0.3, -0.25) is 9.59 Å². The van der Waals surface area contributed by atoms with Crippen LogP contribution in [0, 0.1) is 0 Å². The van der Waals surface area contributed by atoms with Crippen molar-refractivity contribution in [2.45, 2.75) is 6.54 Å². The van der Waals surface area contributed by atoms with Gasteiger partial charge in [0.25, 0.3) is 5.56 Å². The number of halogens is 2. The van der Waals surface area contributed by atoms with Gasteiger partial charge in [-0.2, -0.15) is 0 Å². The average Bonchev–Trinajstić information content (AvgIpc) is 2.18. The molecule has 8 heteroatoms. The van der Waals surface area contributed by atoms with Crippen LogP contribution in [0.5, 0.6) is 0 Å². The summed E-state index contributed by atoms with van der Waals surface area (Å²) in [4.78, 5) is 21.8. The molecule has 1 heterocycles. The van der Waals surface area contributed by atoms with Gasteiger partial charge in [-0.1, -0.05) is 23.2 Å². The molecule has 0 saturated heterocycles. The summed E-state index contributed by atoms with van der Waals surface area (Å²) in [6.45, 7) is -0.565. The van der Waals surface area contributed by atoms with E-state index in [1.54, 1.807) is 0 Å². The fraction of sp³-hybridized carbons (Fsp3) is 0.286. The molecule has 0 bridgehead atoms. The van der Waals surface area contributed by atoms with Gasteiger partial charge in [-0.25, -0.2) is 4.68 Å². The van der Waals surface area contributed by atoms with Crippen LogP contribution in [0.1, 0.15) is 0 Å². The van der Waals surface area contributed by atoms with Gasteiger partial charge < -0.3 is 10.4 Å². The van der Waals surface area contributed by atoms with Crippen molar-refractivity contribution in [1.29, 1.82) is 0 Å². The van der Waals surface area contributed by atoms with Crippen molar-refractivity contribution in [2.24, 2.45) is 0 Å². The summed E-state index contributed by atoms with van der Waals surface area (Å²) < 4.78 is 0.725. The maximum Gasteiger partial charge on any atom is 0.325 e. The van der Waals surface area contributed by atoms with E-state index >= 15 is 0 Å². The zero-order chi connectivity index (χ0) is 11.6. The van der Waals surface area contributed by atoms with Crippen LogP contribution in [0.15, 0.2) is 4.79 Å². The smallest absolute Gasteiger partial charge is 0.325 e. The standard InChI is InChI=1S/C7H7Cl2N3O3/c1-10-6-4(8)5(9)7(15)12(11-6)2-3(13)14/h2H2,1H3,(H,10,11)(H,13,14). The first-order valence-electron chi connectivity index (χ1n) is 3.83. The molecule has 6 nitrogen and oxygen atoms in total. The minimum Gasteiger partial charge on any atom is -0.480 e. The maximum atomic E-state index is 11.4. The number of aliphatic carboxylic acids is 1. The summed E-state index contributed by atoms with van der Waals surface area (Å²) in [7, 11) is 1.53. The minimum atomic E-state index is -1.19. The van der Waals surface area contributed by atoms with Crippen LogP contribution in [0.25, 0.3) is 0 Å². The number of carboxylic acids is 1. The van der Waals surface area contributed by atoms with Gasteiger partial charge in [0.15, 0.2) is 5.82 Å². The van der Waals surface area contributed by atoms with Crippen molar-refractivity contribution in [1.82, 2.24) is 9.78 Å². The van der Waals surface area contributed by atoms with Crippen LogP contribution in [0.2, 0.25) is 10.0 Å². The van der Waals surface area contributed by atoms with Gasteiger partial charge in [-0.15, -0.1) is 5.10 Å². The Morgan fingerprint density at radius 2 is 2.13 bits per heavy atom. The topological polar surface area (TPSA) is 84.2 Å². The van der Waals surface area contributed by atoms with Crippen LogP contribution >= 0.6 is 23.2 Å². The quantitative estimate of drug-likeness (QED) is 0.826. The molecule has 0 aromatic carbocycles. The van der Waals surface area contributed by atoms with E-state index in [-0.39, 0.29) is 15.9 Å². The normalized spacial score (nSPS) is 10.1. The van der Waals surface area contributed by atoms with Crippen molar-refractivity contribution in [3.05, 3.63) is 20.4 Å². The fourth-order valence-electron chi connectivity index (χ4n) is 0.916. The van der Waals surface area contributed by atoms with Crippen molar-refractivity contribution in [3.63, 3.8) is 0 Å². The molecule has 1 aromatic heterocycles. The van der Waals surface area contributed by atoms with Gasteiger partial charge in [0.2, 0.25) is 0 Å². The lowest BCUT2D eigenvalue weighted by molar-refractivity contribution is -0.137. The van der Waals surface area contributed by atoms with Gasteiger partial charge in [0, 0.05) is 7.05 Å². The molecule has 0 fully saturated rings. The zero-order valence-electron chi connectivity index (χ0n) is 7.62. The molecule has 1 rings (SSSR count). The second-order valence-corrected chi connectivity index (χ2v) is 3.34. The molecule has 0 aliphatic carbocycles. The lowest BCUT2D eigenvalue weighted by atomic mass is 10.5. The fourth-order valence-corrected chi connectivity index (χ4v) is 1.32. The first-order valence-corrected chi connectivity index (χ1v) is 4.58. The van der Waals surface area contributed by atoms with Crippen molar-refractivity contribution in [3.8, 4) is 0 Å². The summed E-state index contributed by atoms with van der Waals surface area (Å²) >= 11 is 11.3. The Balaban J connectivity index is 3.35. The summed E-state index contributed by atoms with van der Waals surface area (Å²) in [5, 5.41) is 14.5. The lowest BCUT2D eigenvalue weighted by Gasteiger charge is -2.07. The second-order valence-electron chi connectivity index (χ2n) is 2.58. The predicted molar refractivity (Wildman–Crippen MR) is 55.7 cm³/mol. The molecular weight excluding hydrogens is 245 g/mol. The highest BCUT2D eigenvalue weighted by atomic mass is 35.5. The number of nitrogens with zero attached hydrogens (tertiary/aromatic N) is 2. The van der Waals surface area contributed by atoms with E-state index in [9.17, 15) is 9.59 Å². The molecule has 0 unspecified atom stereocenters. The molecule has 2 N–H and O–H groups in total. The third-order valence-corrected chi connectivity index (χ3v) is 2.38. The molecule has 0 atom stereocenters. The number of anilines is 1. The van der Waals surface area contributed by atoms with E-state index in [0.29, 0.717) is 0 Å². The van der Waals surface area contributed by atoms with Gasteiger partial charge in [0.05, 0.1) is 0 Å². The maximum absolute atomic E-state index is 11.4. The van der Waals surface area contributed by atoms with E-state index in [4.69, 9.17) is 28.3 Å². The number of hydrogen-bond donors (Lipinski definition) is 2. The molecule has 0 radical (unpaired) electrons. The van der Waals surface area contributed by atoms with Crippen LogP contribution in [0.4, 0.5) is 5.82 Å². The minimum absolute atomic E-state index is 0.0224. The third-order valence-electron chi connectivity index (χ3n) is 1.57. The second kappa shape index (κ2) is 4.50. The Morgan fingerprint density at radius 1 is 1.53 bits per heavy atom. The van der Waals surface area contributed by atoms with Gasteiger partial charge in [-0.05, 0) is 0 Å². The SMILES string of the molecule is CNc1nn(CC(=O)O)c(=O)c(Cl)c1Cl. The van der Waals surface area contributed by atoms with E-state index in [0.717, 1.165) is 4.68 Å². The van der Waals surface area contributed by atoms with E-state index < -0.39 is 18.1 Å². The molecule has 82 valence electrons. The number of hydrogen-bond acceptors (Lipinski definition) is 4. The summed E-state index contributed by atoms with van der Waals surface area (Å²) in [5.74, 6) is -1.03. The van der Waals surface area contributed by atoms with Crippen LogP contribution in [-0.4, -0.2) is 27.9 Å². The number of nitrogens with one attached hydrogen (secondary N) is 1. The molecule has 0 saturated carbocycles. The van der Waals surface area contributed by atoms with E-state index in [1.165, 1.54) is 7.05 Å². The van der Waals surface area contributed by atoms with Crippen molar-refractivity contribution in [2.75, 3.05) is 12.4 Å². The monoisotopic (exact) mass is 251 g/mol. The molecule has 1 aromatic rings. The van der Waals surface area contributed by atoms with Crippen LogP contribution < -0.4 is 10.9 Å². The van der Waals surface area contributed by atoms with Crippen LogP contribution in [-0.2, 0) is 11.3 Å². The molecular formula is C7H7Cl2N3O3. The Kier molecular flexibility index (Phi) is 3.54. The number of carboxylic acid groups (broad SMARTS) is 1. The van der Waals surface area contributed by atoms with Gasteiger partial charge in [0.1, 0.15) is 16.6 Å². The molecule has 0 aliphatic rings. The van der Waals surface area contributed by atoms with Gasteiger partial charge >= 0.3 is 5.97 Å². The summed E-state index contributed by atoms with van der Waals surface area (Å²) in [6, 6.07) is 0. The number of carbonyl (C=O) groups is 1. The first kappa shape index (κ1) is 11.8.